The Balaban J connectivity index is 1.78. The van der Waals surface area contributed by atoms with Crippen molar-refractivity contribution in [3.8, 4) is 0 Å². The average molecular weight is 337 g/mol. The second-order valence-corrected chi connectivity index (χ2v) is 6.58. The van der Waals surface area contributed by atoms with Gasteiger partial charge in [-0.25, -0.2) is 4.79 Å². The van der Waals surface area contributed by atoms with Gasteiger partial charge in [-0.15, -0.1) is 0 Å². The van der Waals surface area contributed by atoms with Gasteiger partial charge < -0.3 is 10.0 Å². The fourth-order valence-electron chi connectivity index (χ4n) is 3.58. The molecule has 1 aliphatic heterocycles. The molecule has 0 aromatic heterocycles. The van der Waals surface area contributed by atoms with Gasteiger partial charge in [0, 0.05) is 13.0 Å². The lowest BCUT2D eigenvalue weighted by molar-refractivity contribution is -0.148. The standard InChI is InChI=1S/C21H23NO3/c23-20(22-13-7-12-19(22)21(24)25)15-18(17-10-5-2-6-11-17)14-16-8-3-1-4-9-16/h1-6,8-11,18-19H,7,12-15H2,(H,24,25)/t18?,19-/m1/s1. The summed E-state index contributed by atoms with van der Waals surface area (Å²) in [6.45, 7) is 0.544. The molecule has 4 nitrogen and oxygen atoms in total. The molecule has 2 atom stereocenters. The largest absolute Gasteiger partial charge is 0.480 e. The van der Waals surface area contributed by atoms with E-state index in [4.69, 9.17) is 0 Å². The van der Waals surface area contributed by atoms with E-state index in [9.17, 15) is 14.7 Å². The lowest BCUT2D eigenvalue weighted by Gasteiger charge is -2.25. The third kappa shape index (κ3) is 4.27. The molecule has 4 heteroatoms. The van der Waals surface area contributed by atoms with Gasteiger partial charge in [-0.05, 0) is 36.3 Å². The SMILES string of the molecule is O=C(O)[C@H]1CCCN1C(=O)CC(Cc1ccccc1)c1ccccc1. The normalized spacial score (nSPS) is 18.1. The van der Waals surface area contributed by atoms with Crippen LogP contribution >= 0.6 is 0 Å². The van der Waals surface area contributed by atoms with Crippen LogP contribution in [0.1, 0.15) is 36.3 Å². The number of rotatable bonds is 6. The Labute approximate surface area is 148 Å². The highest BCUT2D eigenvalue weighted by Gasteiger charge is 2.34. The lowest BCUT2D eigenvalue weighted by atomic mass is 9.89. The summed E-state index contributed by atoms with van der Waals surface area (Å²) in [6, 6.07) is 19.5. The van der Waals surface area contributed by atoms with Crippen LogP contribution in [0.2, 0.25) is 0 Å². The van der Waals surface area contributed by atoms with E-state index in [1.54, 1.807) is 4.90 Å². The fraction of sp³-hybridized carbons (Fsp3) is 0.333. The summed E-state index contributed by atoms with van der Waals surface area (Å²) in [5.74, 6) is -0.911. The first-order valence-corrected chi connectivity index (χ1v) is 8.76. The Kier molecular flexibility index (Phi) is 5.49. The zero-order valence-corrected chi connectivity index (χ0v) is 14.2. The van der Waals surface area contributed by atoms with Gasteiger partial charge in [0.1, 0.15) is 6.04 Å². The van der Waals surface area contributed by atoms with Crippen molar-refractivity contribution in [2.45, 2.75) is 37.6 Å². The van der Waals surface area contributed by atoms with Crippen LogP contribution in [-0.2, 0) is 16.0 Å². The topological polar surface area (TPSA) is 57.6 Å². The molecule has 0 aliphatic carbocycles. The second-order valence-electron chi connectivity index (χ2n) is 6.58. The predicted octanol–water partition coefficient (Wildman–Crippen LogP) is 3.48. The summed E-state index contributed by atoms with van der Waals surface area (Å²) in [5, 5.41) is 9.33. The van der Waals surface area contributed by atoms with Crippen molar-refractivity contribution < 1.29 is 14.7 Å². The maximum Gasteiger partial charge on any atom is 0.326 e. The van der Waals surface area contributed by atoms with Crippen LogP contribution in [0.4, 0.5) is 0 Å². The Morgan fingerprint density at radius 3 is 2.32 bits per heavy atom. The Morgan fingerprint density at radius 1 is 1.04 bits per heavy atom. The van der Waals surface area contributed by atoms with Crippen molar-refractivity contribution in [3.05, 3.63) is 71.8 Å². The summed E-state index contributed by atoms with van der Waals surface area (Å²) in [4.78, 5) is 25.7. The number of benzene rings is 2. The number of nitrogens with zero attached hydrogens (tertiary/aromatic N) is 1. The quantitative estimate of drug-likeness (QED) is 0.878. The Hall–Kier alpha value is -2.62. The smallest absolute Gasteiger partial charge is 0.326 e. The lowest BCUT2D eigenvalue weighted by Crippen LogP contribution is -2.41. The molecule has 1 aliphatic rings. The molecule has 1 fully saturated rings. The van der Waals surface area contributed by atoms with Gasteiger partial charge in [-0.2, -0.15) is 0 Å². The first-order valence-electron chi connectivity index (χ1n) is 8.76. The van der Waals surface area contributed by atoms with Crippen LogP contribution < -0.4 is 0 Å². The van der Waals surface area contributed by atoms with Crippen LogP contribution in [0.25, 0.3) is 0 Å². The molecule has 0 spiro atoms. The summed E-state index contributed by atoms with van der Waals surface area (Å²) in [6.07, 6.45) is 2.41. The second kappa shape index (κ2) is 7.97. The molecule has 1 amide bonds. The summed E-state index contributed by atoms with van der Waals surface area (Å²) in [7, 11) is 0. The zero-order valence-electron chi connectivity index (χ0n) is 14.2. The van der Waals surface area contributed by atoms with Crippen molar-refractivity contribution in [2.24, 2.45) is 0 Å². The molecule has 0 saturated carbocycles. The number of hydrogen-bond acceptors (Lipinski definition) is 2. The van der Waals surface area contributed by atoms with Gasteiger partial charge in [0.05, 0.1) is 0 Å². The van der Waals surface area contributed by atoms with E-state index in [-0.39, 0.29) is 11.8 Å². The predicted molar refractivity (Wildman–Crippen MR) is 96.3 cm³/mol. The number of carbonyl (C=O) groups is 2. The Morgan fingerprint density at radius 2 is 1.68 bits per heavy atom. The van der Waals surface area contributed by atoms with Gasteiger partial charge in [0.2, 0.25) is 5.91 Å². The molecule has 0 bridgehead atoms. The molecule has 130 valence electrons. The number of amides is 1. The van der Waals surface area contributed by atoms with Crippen LogP contribution in [-0.4, -0.2) is 34.5 Å². The van der Waals surface area contributed by atoms with Gasteiger partial charge in [-0.1, -0.05) is 60.7 Å². The zero-order chi connectivity index (χ0) is 17.6. The van der Waals surface area contributed by atoms with E-state index < -0.39 is 12.0 Å². The molecule has 2 aromatic carbocycles. The molecule has 3 rings (SSSR count). The molecule has 1 saturated heterocycles. The van der Waals surface area contributed by atoms with Gasteiger partial charge >= 0.3 is 5.97 Å². The minimum atomic E-state index is -0.898. The maximum atomic E-state index is 12.8. The highest BCUT2D eigenvalue weighted by atomic mass is 16.4. The van der Waals surface area contributed by atoms with E-state index in [1.165, 1.54) is 5.56 Å². The average Bonchev–Trinajstić information content (AvgIpc) is 3.13. The number of carboxylic acids is 1. The van der Waals surface area contributed by atoms with Crippen LogP contribution in [0.15, 0.2) is 60.7 Å². The molecule has 1 unspecified atom stereocenters. The third-order valence-electron chi connectivity index (χ3n) is 4.88. The van der Waals surface area contributed by atoms with Gasteiger partial charge in [0.25, 0.3) is 0 Å². The van der Waals surface area contributed by atoms with E-state index in [1.807, 2.05) is 48.5 Å². The van der Waals surface area contributed by atoms with E-state index in [0.717, 1.165) is 18.4 Å². The minimum Gasteiger partial charge on any atom is -0.480 e. The van der Waals surface area contributed by atoms with Crippen molar-refractivity contribution >= 4 is 11.9 Å². The Bertz CT molecular complexity index is 714. The van der Waals surface area contributed by atoms with E-state index >= 15 is 0 Å². The molecule has 2 aromatic rings. The first-order chi connectivity index (χ1) is 12.1. The number of carbonyl (C=O) groups excluding carboxylic acids is 1. The minimum absolute atomic E-state index is 0.0474. The maximum absolute atomic E-state index is 12.8. The molecular formula is C21H23NO3. The summed E-state index contributed by atoms with van der Waals surface area (Å²) >= 11 is 0. The van der Waals surface area contributed by atoms with Crippen LogP contribution in [0, 0.1) is 0 Å². The number of hydrogen-bond donors (Lipinski definition) is 1. The first kappa shape index (κ1) is 17.2. The molecular weight excluding hydrogens is 314 g/mol. The molecule has 0 radical (unpaired) electrons. The molecule has 25 heavy (non-hydrogen) atoms. The van der Waals surface area contributed by atoms with Crippen molar-refractivity contribution in [3.63, 3.8) is 0 Å². The van der Waals surface area contributed by atoms with E-state index in [2.05, 4.69) is 12.1 Å². The van der Waals surface area contributed by atoms with Crippen LogP contribution in [0.3, 0.4) is 0 Å². The number of likely N-dealkylation sites (tertiary alicyclic amines) is 1. The van der Waals surface area contributed by atoms with Gasteiger partial charge in [0.15, 0.2) is 0 Å². The number of carboxylic acid groups (broad SMARTS) is 1. The monoisotopic (exact) mass is 337 g/mol. The fourth-order valence-corrected chi connectivity index (χ4v) is 3.58. The molecule has 1 heterocycles. The third-order valence-corrected chi connectivity index (χ3v) is 4.88. The van der Waals surface area contributed by atoms with E-state index in [0.29, 0.717) is 19.4 Å². The molecule has 1 N–H and O–H groups in total. The summed E-state index contributed by atoms with van der Waals surface area (Å²) < 4.78 is 0. The highest BCUT2D eigenvalue weighted by molar-refractivity contribution is 5.84. The van der Waals surface area contributed by atoms with Crippen LogP contribution in [0.5, 0.6) is 0 Å². The van der Waals surface area contributed by atoms with Crippen molar-refractivity contribution in [1.29, 1.82) is 0 Å². The van der Waals surface area contributed by atoms with Crippen molar-refractivity contribution in [1.82, 2.24) is 4.90 Å². The summed E-state index contributed by atoms with van der Waals surface area (Å²) in [5.41, 5.74) is 2.30. The van der Waals surface area contributed by atoms with Gasteiger partial charge in [-0.3, -0.25) is 4.79 Å². The number of aliphatic carboxylic acids is 1. The van der Waals surface area contributed by atoms with Crippen molar-refractivity contribution in [2.75, 3.05) is 6.54 Å². The highest BCUT2D eigenvalue weighted by Crippen LogP contribution is 2.27.